The second-order valence-electron chi connectivity index (χ2n) is 30.7. The number of nitrogens with two attached hydrogens (primary N) is 4. The Kier molecular flexibility index (Phi) is 41.6. The SMILES string of the molecule is C=CCNC1=C2CC(C)CC(OC)C(O)C(C)/C=C(\C)C(OC(N)=O)C(OC)/C=C\C=C(/C)C(=O)NC(=CC1=O)C2=O.COC1/C=C\C=C(/C)C(=O)NC2=CC(=O)C(N)=C(CC(C)CC(OC)C(O)C(C)/C=C(\C)C1OC(N)=O)C2=O.COC1=C2CC(C)CC(OC)C(O)C(C)/C=C(\C)C(OC(N)=O)C(OC)/C=C\C=C(/C)C(=O)NC(=CC1=O)C2=O. The second-order valence-corrected chi connectivity index (χ2v) is 30.7. The van der Waals surface area contributed by atoms with Crippen molar-refractivity contribution in [1.82, 2.24) is 21.3 Å². The summed E-state index contributed by atoms with van der Waals surface area (Å²) in [6.07, 6.45) is 12.5. The van der Waals surface area contributed by atoms with E-state index in [9.17, 15) is 72.9 Å². The van der Waals surface area contributed by atoms with Crippen LogP contribution in [0.2, 0.25) is 0 Å². The Morgan fingerprint density at radius 1 is 0.455 bits per heavy atom. The highest BCUT2D eigenvalue weighted by molar-refractivity contribution is 6.25. The van der Waals surface area contributed by atoms with Crippen LogP contribution in [0.4, 0.5) is 14.4 Å². The van der Waals surface area contributed by atoms with Crippen molar-refractivity contribution in [2.24, 2.45) is 58.4 Å². The van der Waals surface area contributed by atoms with Crippen LogP contribution in [0.15, 0.2) is 188 Å². The van der Waals surface area contributed by atoms with Crippen molar-refractivity contribution in [3.8, 4) is 0 Å². The second kappa shape index (κ2) is 49.1. The Bertz CT molecular complexity index is 4350. The molecule has 3 heterocycles. The molecule has 0 saturated carbocycles. The number of hydrogen-bond acceptors (Lipinski definition) is 27. The lowest BCUT2D eigenvalue weighted by molar-refractivity contribution is -0.121. The minimum atomic E-state index is -1.00. The lowest BCUT2D eigenvalue weighted by atomic mass is 9.85. The predicted molar refractivity (Wildman–Crippen MR) is 448 cm³/mol. The standard InChI is InChI=1S/C31H43N3O8.C29H40N2O9.C28H39N3O8/c1-8-12-33-26-21-13-17(2)14-25(41-7)27(36)19(4)15-20(5)29(42-31(32)39)24(40-6)11-9-10-18(3)30(38)34-22(28(21)37)16-23(26)35;1-15-11-19-25(34)20(14-21(32)27(19)39-7)31-28(35)16(2)9-8-10-22(37-5)26(40-29(30)36)18(4)13-17(3)24(33)23(12-15)38-6;1-14-10-18-23(29)20(32)13-19(25(18)34)31-27(35)15(2)8-7-9-21(37-5)26(39-28(30)36)17(4)12-16(3)24(33)22(11-14)38-6/h8-11,15-17,19,24-25,27,29,33,36H,1,12-14H2,2-7H3,(H2,32,39)(H,34,38);8-10,13-15,17,22-24,26,33H,11-12H2,1-7H3,(H2,30,36)(H,31,35);7-9,12-14,16,21-22,24,26,33H,10-11,29H2,1-6H3,(H2,30,36)(H,31,35)/b11-9-,18-10+,20-15+;10-8-,16-9+,18-13+;9-7-,15-8+,17-12+. The first kappa shape index (κ1) is 102. The molecule has 33 heteroatoms. The molecule has 0 radical (unpaired) electrons. The highest BCUT2D eigenvalue weighted by Gasteiger charge is 2.39. The van der Waals surface area contributed by atoms with E-state index in [0.717, 1.165) is 18.2 Å². The number of Topliss-reactive ketones (excluding diaryl/α,β-unsaturated/α-hetero) is 3. The molecule has 0 aromatic carbocycles. The van der Waals surface area contributed by atoms with E-state index in [4.69, 9.17) is 70.3 Å². The highest BCUT2D eigenvalue weighted by Crippen LogP contribution is 2.34. The normalized spacial score (nSPS) is 32.5. The van der Waals surface area contributed by atoms with Gasteiger partial charge in [-0.2, -0.15) is 0 Å². The third kappa shape index (κ3) is 29.8. The van der Waals surface area contributed by atoms with Gasteiger partial charge in [0.25, 0.3) is 17.7 Å². The highest BCUT2D eigenvalue weighted by atomic mass is 16.6. The third-order valence-electron chi connectivity index (χ3n) is 21.0. The Balaban J connectivity index is 0.000000381. The minimum Gasteiger partial charge on any atom is -0.492 e. The summed E-state index contributed by atoms with van der Waals surface area (Å²) in [5.74, 6) is -6.90. The van der Waals surface area contributed by atoms with E-state index in [2.05, 4.69) is 27.8 Å². The molecule has 3 aliphatic heterocycles. The smallest absolute Gasteiger partial charge is 0.405 e. The van der Waals surface area contributed by atoms with Gasteiger partial charge >= 0.3 is 18.3 Å². The van der Waals surface area contributed by atoms with Gasteiger partial charge in [0.2, 0.25) is 34.7 Å². The number of carbonyl (C=O) groups excluding carboxylic acids is 12. The van der Waals surface area contributed by atoms with E-state index < -0.39 is 162 Å². The number of fused-ring (bicyclic) bond motifs is 6. The fourth-order valence-corrected chi connectivity index (χ4v) is 14.3. The molecule has 33 nitrogen and oxygen atoms in total. The zero-order chi connectivity index (χ0) is 91.1. The Morgan fingerprint density at radius 2 is 0.752 bits per heavy atom. The topological polar surface area (TPSA) is 510 Å². The molecule has 18 atom stereocenters. The number of aliphatic hydroxyl groups is 3. The molecule has 18 unspecified atom stereocenters. The Hall–Kier alpha value is -10.9. The third-order valence-corrected chi connectivity index (χ3v) is 21.0. The number of nitrogens with one attached hydrogen (secondary N) is 4. The molecule has 121 heavy (non-hydrogen) atoms. The van der Waals surface area contributed by atoms with Crippen LogP contribution in [0, 0.1) is 35.5 Å². The van der Waals surface area contributed by atoms with E-state index in [0.29, 0.717) is 36.0 Å². The molecule has 0 spiro atoms. The van der Waals surface area contributed by atoms with Gasteiger partial charge in [-0.15, -0.1) is 6.58 Å². The number of allylic oxidation sites excluding steroid dienone is 12. The molecule has 0 aromatic heterocycles. The molecule has 664 valence electrons. The molecule has 3 aliphatic carbocycles. The molecule has 6 aliphatic rings. The van der Waals surface area contributed by atoms with Crippen molar-refractivity contribution < 1.29 is 120 Å². The number of ketones is 6. The maximum Gasteiger partial charge on any atom is 0.405 e. The van der Waals surface area contributed by atoms with E-state index in [1.54, 1.807) is 103 Å². The van der Waals surface area contributed by atoms with Gasteiger partial charge in [0.05, 0.1) is 72.2 Å². The molecule has 15 N–H and O–H groups in total. The largest absolute Gasteiger partial charge is 0.492 e. The van der Waals surface area contributed by atoms with Crippen LogP contribution in [0.1, 0.15) is 122 Å². The average molecular weight is 1690 g/mol. The van der Waals surface area contributed by atoms with Crippen molar-refractivity contribution in [3.63, 3.8) is 0 Å². The molecule has 6 amide bonds. The number of primary amides is 3. The molecule has 0 aromatic rings. The summed E-state index contributed by atoms with van der Waals surface area (Å²) >= 11 is 0. The number of rotatable bonds is 13. The summed E-state index contributed by atoms with van der Waals surface area (Å²) < 4.78 is 54.7. The predicted octanol–water partition coefficient (Wildman–Crippen LogP) is 6.67. The number of carbonyl (C=O) groups is 12. The number of aliphatic hydroxyl groups excluding tert-OH is 3. The summed E-state index contributed by atoms with van der Waals surface area (Å²) in [6.45, 7) is 24.7. The Morgan fingerprint density at radius 3 is 1.06 bits per heavy atom. The summed E-state index contributed by atoms with van der Waals surface area (Å²) in [7, 11) is 10.0. The maximum atomic E-state index is 13.5. The fourth-order valence-electron chi connectivity index (χ4n) is 14.3. The summed E-state index contributed by atoms with van der Waals surface area (Å²) in [4.78, 5) is 152. The van der Waals surface area contributed by atoms with E-state index in [1.807, 2.05) is 20.8 Å². The van der Waals surface area contributed by atoms with Crippen LogP contribution in [-0.2, 0) is 90.5 Å². The number of ether oxygens (including phenoxy) is 10. The van der Waals surface area contributed by atoms with Gasteiger partial charge in [-0.05, 0) is 115 Å². The summed E-state index contributed by atoms with van der Waals surface area (Å²) in [6, 6.07) is 0. The molecular formula is C88H122N8O25. The van der Waals surface area contributed by atoms with Crippen molar-refractivity contribution in [2.75, 3.05) is 56.3 Å². The molecular weight excluding hydrogens is 1570 g/mol. The van der Waals surface area contributed by atoms with Gasteiger partial charge in [-0.25, -0.2) is 14.4 Å². The first-order valence-electron chi connectivity index (χ1n) is 39.4. The van der Waals surface area contributed by atoms with E-state index in [-0.39, 0.29) is 111 Å². The van der Waals surface area contributed by atoms with E-state index >= 15 is 0 Å². The van der Waals surface area contributed by atoms with Gasteiger partial charge in [-0.1, -0.05) is 121 Å². The number of amides is 6. The van der Waals surface area contributed by atoms with Gasteiger partial charge in [-0.3, -0.25) is 43.2 Å². The maximum absolute atomic E-state index is 13.5. The molecule has 0 saturated heterocycles. The summed E-state index contributed by atoms with van der Waals surface area (Å²) in [5.41, 5.74) is 24.4. The van der Waals surface area contributed by atoms with E-state index in [1.165, 1.54) is 87.9 Å². The van der Waals surface area contributed by atoms with Gasteiger partial charge in [0.1, 0.15) is 18.3 Å². The van der Waals surface area contributed by atoms with Gasteiger partial charge in [0, 0.05) is 119 Å². The lowest BCUT2D eigenvalue weighted by Gasteiger charge is -2.30. The van der Waals surface area contributed by atoms with Crippen molar-refractivity contribution in [1.29, 1.82) is 0 Å². The van der Waals surface area contributed by atoms with Crippen molar-refractivity contribution in [2.45, 2.75) is 195 Å². The zero-order valence-corrected chi connectivity index (χ0v) is 72.4. The summed E-state index contributed by atoms with van der Waals surface area (Å²) in [5, 5.41) is 44.0. The van der Waals surface area contributed by atoms with Crippen LogP contribution in [0.25, 0.3) is 0 Å². The first-order valence-corrected chi connectivity index (χ1v) is 39.4. The zero-order valence-electron chi connectivity index (χ0n) is 72.4. The minimum absolute atomic E-state index is 0.0801. The lowest BCUT2D eigenvalue weighted by Crippen LogP contribution is -2.37. The molecule has 0 fully saturated rings. The van der Waals surface area contributed by atoms with Gasteiger partial charge < -0.3 is 107 Å². The number of hydrogen-bond donors (Lipinski definition) is 11. The Labute approximate surface area is 706 Å². The molecule has 6 rings (SSSR count). The van der Waals surface area contributed by atoms with Crippen LogP contribution < -0.4 is 44.2 Å². The van der Waals surface area contributed by atoms with Crippen molar-refractivity contribution in [3.05, 3.63) is 188 Å². The van der Waals surface area contributed by atoms with Crippen molar-refractivity contribution >= 4 is 70.7 Å². The quantitative estimate of drug-likeness (QED) is 0.0521. The van der Waals surface area contributed by atoms with Gasteiger partial charge in [0.15, 0.2) is 24.1 Å². The van der Waals surface area contributed by atoms with Crippen LogP contribution in [-0.4, -0.2) is 216 Å². The average Bonchev–Trinajstić information content (AvgIpc) is 1.02. The first-order chi connectivity index (χ1) is 57.0. The number of methoxy groups -OCH3 is 7. The fraction of sp³-hybridized carbons (Fsp3) is 0.500. The van der Waals surface area contributed by atoms with Crippen LogP contribution >= 0.6 is 0 Å². The molecule has 6 bridgehead atoms. The monoisotopic (exact) mass is 1690 g/mol. The van der Waals surface area contributed by atoms with Crippen LogP contribution in [0.3, 0.4) is 0 Å². The van der Waals surface area contributed by atoms with Crippen LogP contribution in [0.5, 0.6) is 0 Å².